The maximum atomic E-state index is 13.3. The molecular formula is C14H18FNO4S. The summed E-state index contributed by atoms with van der Waals surface area (Å²) in [6, 6.07) is 2.80. The van der Waals surface area contributed by atoms with Gasteiger partial charge >= 0.3 is 5.97 Å². The van der Waals surface area contributed by atoms with Gasteiger partial charge in [-0.15, -0.1) is 0 Å². The summed E-state index contributed by atoms with van der Waals surface area (Å²) in [6.45, 7) is 1.84. The lowest BCUT2D eigenvalue weighted by Gasteiger charge is -2.34. The van der Waals surface area contributed by atoms with E-state index in [1.807, 2.05) is 6.92 Å². The SMILES string of the molecule is CC1(NS(=O)(=O)c2ccc(F)c(C(=O)O)c2)CCCCC1. The van der Waals surface area contributed by atoms with Gasteiger partial charge in [-0.25, -0.2) is 22.3 Å². The molecule has 2 N–H and O–H groups in total. The predicted octanol–water partition coefficient (Wildman–Crippen LogP) is 2.53. The number of carboxylic acids is 1. The van der Waals surface area contributed by atoms with Crippen molar-refractivity contribution in [1.29, 1.82) is 0 Å². The first-order valence-electron chi connectivity index (χ1n) is 6.80. The van der Waals surface area contributed by atoms with E-state index in [1.54, 1.807) is 0 Å². The minimum Gasteiger partial charge on any atom is -0.478 e. The fraction of sp³-hybridized carbons (Fsp3) is 0.500. The number of hydrogen-bond acceptors (Lipinski definition) is 3. The van der Waals surface area contributed by atoms with Crippen molar-refractivity contribution in [2.24, 2.45) is 0 Å². The summed E-state index contributed by atoms with van der Waals surface area (Å²) >= 11 is 0. The number of hydrogen-bond donors (Lipinski definition) is 2. The summed E-state index contributed by atoms with van der Waals surface area (Å²) in [5.41, 5.74) is -1.18. The zero-order valence-electron chi connectivity index (χ0n) is 11.7. The molecule has 21 heavy (non-hydrogen) atoms. The van der Waals surface area contributed by atoms with Crippen molar-refractivity contribution < 1.29 is 22.7 Å². The van der Waals surface area contributed by atoms with Gasteiger partial charge in [0.25, 0.3) is 0 Å². The molecule has 5 nitrogen and oxygen atoms in total. The van der Waals surface area contributed by atoms with Crippen LogP contribution in [-0.2, 0) is 10.0 Å². The number of aromatic carboxylic acids is 1. The van der Waals surface area contributed by atoms with E-state index in [2.05, 4.69) is 4.72 Å². The fourth-order valence-electron chi connectivity index (χ4n) is 2.65. The van der Waals surface area contributed by atoms with Gasteiger partial charge in [0.15, 0.2) is 0 Å². The quantitative estimate of drug-likeness (QED) is 0.894. The largest absolute Gasteiger partial charge is 0.478 e. The van der Waals surface area contributed by atoms with Crippen LogP contribution in [0.3, 0.4) is 0 Å². The summed E-state index contributed by atoms with van der Waals surface area (Å²) in [5, 5.41) is 8.87. The number of nitrogens with one attached hydrogen (secondary N) is 1. The third-order valence-electron chi connectivity index (χ3n) is 3.82. The van der Waals surface area contributed by atoms with Gasteiger partial charge in [-0.1, -0.05) is 19.3 Å². The van der Waals surface area contributed by atoms with Crippen LogP contribution >= 0.6 is 0 Å². The maximum absolute atomic E-state index is 13.3. The normalized spacial score (nSPS) is 18.4. The number of sulfonamides is 1. The van der Waals surface area contributed by atoms with Crippen molar-refractivity contribution in [2.75, 3.05) is 0 Å². The lowest BCUT2D eigenvalue weighted by Crippen LogP contribution is -2.47. The van der Waals surface area contributed by atoms with Crippen molar-refractivity contribution in [3.05, 3.63) is 29.6 Å². The van der Waals surface area contributed by atoms with Gasteiger partial charge in [0.2, 0.25) is 10.0 Å². The van der Waals surface area contributed by atoms with Gasteiger partial charge in [0, 0.05) is 5.54 Å². The topological polar surface area (TPSA) is 83.5 Å². The van der Waals surface area contributed by atoms with Crippen LogP contribution in [0.5, 0.6) is 0 Å². The van der Waals surface area contributed by atoms with E-state index in [9.17, 15) is 17.6 Å². The molecule has 1 fully saturated rings. The Morgan fingerprint density at radius 3 is 2.48 bits per heavy atom. The van der Waals surface area contributed by atoms with Gasteiger partial charge in [-0.2, -0.15) is 0 Å². The van der Waals surface area contributed by atoms with E-state index in [4.69, 9.17) is 5.11 Å². The lowest BCUT2D eigenvalue weighted by atomic mass is 9.84. The van der Waals surface area contributed by atoms with Crippen molar-refractivity contribution >= 4 is 16.0 Å². The van der Waals surface area contributed by atoms with Crippen LogP contribution in [-0.4, -0.2) is 25.0 Å². The van der Waals surface area contributed by atoms with Gasteiger partial charge < -0.3 is 5.11 Å². The van der Waals surface area contributed by atoms with E-state index in [0.29, 0.717) is 0 Å². The first-order valence-corrected chi connectivity index (χ1v) is 8.29. The minimum atomic E-state index is -3.87. The molecule has 0 aliphatic heterocycles. The third kappa shape index (κ3) is 3.59. The van der Waals surface area contributed by atoms with Crippen molar-refractivity contribution in [3.63, 3.8) is 0 Å². The second kappa shape index (κ2) is 5.73. The average molecular weight is 315 g/mol. The molecule has 2 rings (SSSR count). The first kappa shape index (κ1) is 15.9. The van der Waals surface area contributed by atoms with Gasteiger partial charge in [0.1, 0.15) is 5.82 Å². The highest BCUT2D eigenvalue weighted by atomic mass is 32.2. The summed E-state index contributed by atoms with van der Waals surface area (Å²) in [4.78, 5) is 10.7. The van der Waals surface area contributed by atoms with Gasteiger partial charge in [0.05, 0.1) is 10.5 Å². The Balaban J connectivity index is 2.31. The van der Waals surface area contributed by atoms with Crippen LogP contribution in [0.1, 0.15) is 49.4 Å². The fourth-order valence-corrected chi connectivity index (χ4v) is 4.14. The molecule has 7 heteroatoms. The van der Waals surface area contributed by atoms with Crippen LogP contribution in [0.4, 0.5) is 4.39 Å². The molecule has 0 unspecified atom stereocenters. The van der Waals surface area contributed by atoms with Crippen LogP contribution < -0.4 is 4.72 Å². The zero-order chi connectivity index (χ0) is 15.7. The van der Waals surface area contributed by atoms with Gasteiger partial charge in [-0.3, -0.25) is 0 Å². The van der Waals surface area contributed by atoms with E-state index >= 15 is 0 Å². The monoisotopic (exact) mass is 315 g/mol. The van der Waals surface area contributed by atoms with Crippen LogP contribution in [0.2, 0.25) is 0 Å². The predicted molar refractivity (Wildman–Crippen MR) is 75.2 cm³/mol. The smallest absolute Gasteiger partial charge is 0.338 e. The molecule has 0 bridgehead atoms. The molecule has 0 aromatic heterocycles. The van der Waals surface area contributed by atoms with Crippen LogP contribution in [0.15, 0.2) is 23.1 Å². The van der Waals surface area contributed by atoms with Crippen molar-refractivity contribution in [3.8, 4) is 0 Å². The van der Waals surface area contributed by atoms with E-state index in [1.165, 1.54) is 0 Å². The summed E-state index contributed by atoms with van der Waals surface area (Å²) in [7, 11) is -3.87. The maximum Gasteiger partial charge on any atom is 0.338 e. The lowest BCUT2D eigenvalue weighted by molar-refractivity contribution is 0.0691. The molecule has 1 aromatic rings. The van der Waals surface area contributed by atoms with E-state index in [0.717, 1.165) is 50.3 Å². The molecule has 0 saturated heterocycles. The Kier molecular flexibility index (Phi) is 4.34. The summed E-state index contributed by atoms with van der Waals surface area (Å²) < 4.78 is 40.7. The van der Waals surface area contributed by atoms with Crippen molar-refractivity contribution in [1.82, 2.24) is 4.72 Å². The second-order valence-corrected chi connectivity index (χ2v) is 7.36. The molecule has 1 aliphatic rings. The molecule has 0 spiro atoms. The molecule has 0 radical (unpaired) electrons. The average Bonchev–Trinajstić information content (AvgIpc) is 2.38. The first-order chi connectivity index (χ1) is 9.73. The number of carbonyl (C=O) groups is 1. The minimum absolute atomic E-state index is 0.229. The van der Waals surface area contributed by atoms with Crippen LogP contribution in [0, 0.1) is 5.82 Å². The Morgan fingerprint density at radius 1 is 1.29 bits per heavy atom. The van der Waals surface area contributed by atoms with E-state index in [-0.39, 0.29) is 4.90 Å². The number of rotatable bonds is 4. The zero-order valence-corrected chi connectivity index (χ0v) is 12.5. The molecular weight excluding hydrogens is 297 g/mol. The third-order valence-corrected chi connectivity index (χ3v) is 5.45. The van der Waals surface area contributed by atoms with E-state index < -0.39 is 32.9 Å². The Bertz CT molecular complexity index is 651. The molecule has 1 aliphatic carbocycles. The highest BCUT2D eigenvalue weighted by Gasteiger charge is 2.32. The number of benzene rings is 1. The van der Waals surface area contributed by atoms with Crippen LogP contribution in [0.25, 0.3) is 0 Å². The molecule has 0 amide bonds. The molecule has 0 atom stereocenters. The molecule has 0 heterocycles. The molecule has 116 valence electrons. The summed E-state index contributed by atoms with van der Waals surface area (Å²) in [6.07, 6.45) is 4.45. The molecule has 1 saturated carbocycles. The number of carboxylic acid groups (broad SMARTS) is 1. The Hall–Kier alpha value is -1.47. The Labute approximate surface area is 123 Å². The standard InChI is InChI=1S/C14H18FNO4S/c1-14(7-3-2-4-8-14)16-21(19,20)10-5-6-12(15)11(9-10)13(17)18/h5-6,9,16H,2-4,7-8H2,1H3,(H,17,18). The second-order valence-electron chi connectivity index (χ2n) is 5.67. The highest BCUT2D eigenvalue weighted by Crippen LogP contribution is 2.29. The van der Waals surface area contributed by atoms with Gasteiger partial charge in [-0.05, 0) is 38.0 Å². The Morgan fingerprint density at radius 2 is 1.90 bits per heavy atom. The number of halogens is 1. The highest BCUT2D eigenvalue weighted by molar-refractivity contribution is 7.89. The summed E-state index contributed by atoms with van der Waals surface area (Å²) in [5.74, 6) is -2.45. The molecule has 1 aromatic carbocycles. The van der Waals surface area contributed by atoms with Crippen molar-refractivity contribution in [2.45, 2.75) is 49.5 Å².